The topological polar surface area (TPSA) is 65.0 Å². The van der Waals surface area contributed by atoms with Gasteiger partial charge >= 0.3 is 5.97 Å². The molecule has 122 valence electrons. The molecule has 0 aromatic heterocycles. The van der Waals surface area contributed by atoms with Crippen LogP contribution in [0, 0.1) is 3.57 Å². The molecule has 1 heterocycles. The van der Waals surface area contributed by atoms with Crippen LogP contribution in [0.25, 0.3) is 6.08 Å². The minimum Gasteiger partial charge on any atom is -0.493 e. The number of carbonyl (C=O) groups is 2. The van der Waals surface area contributed by atoms with Crippen molar-refractivity contribution < 1.29 is 19.1 Å². The Morgan fingerprint density at radius 2 is 2.22 bits per heavy atom. The van der Waals surface area contributed by atoms with Crippen LogP contribution in [0.2, 0.25) is 0 Å². The molecular weight excluding hydrogens is 449 g/mol. The third-order valence-corrected chi connectivity index (χ3v) is 5.36. The Morgan fingerprint density at radius 3 is 2.83 bits per heavy atom. The fraction of sp³-hybridized carbons (Fsp3) is 0.267. The molecule has 2 rings (SSSR count). The fourth-order valence-electron chi connectivity index (χ4n) is 1.80. The number of halogens is 1. The SMILES string of the molecule is CCSC1=NC(=Cc2cc(I)c(OC(C)=O)c(OC)c2)C(=O)S1. The maximum absolute atomic E-state index is 12.0. The van der Waals surface area contributed by atoms with Gasteiger partial charge in [0.1, 0.15) is 10.1 Å². The highest BCUT2D eigenvalue weighted by Crippen LogP contribution is 2.36. The van der Waals surface area contributed by atoms with Crippen LogP contribution in [0.3, 0.4) is 0 Å². The Balaban J connectivity index is 2.37. The minimum atomic E-state index is -0.416. The normalized spacial score (nSPS) is 15.7. The van der Waals surface area contributed by atoms with Crippen molar-refractivity contribution in [1.82, 2.24) is 0 Å². The Labute approximate surface area is 156 Å². The monoisotopic (exact) mass is 463 g/mol. The van der Waals surface area contributed by atoms with Gasteiger partial charge in [-0.2, -0.15) is 0 Å². The molecule has 8 heteroatoms. The number of ether oxygens (including phenoxy) is 2. The van der Waals surface area contributed by atoms with Crippen molar-refractivity contribution in [3.05, 3.63) is 27.0 Å². The van der Waals surface area contributed by atoms with Gasteiger partial charge in [-0.1, -0.05) is 18.7 Å². The highest BCUT2D eigenvalue weighted by Gasteiger charge is 2.22. The van der Waals surface area contributed by atoms with E-state index in [1.807, 2.05) is 13.0 Å². The van der Waals surface area contributed by atoms with Gasteiger partial charge in [0.25, 0.3) is 0 Å². The standard InChI is InChI=1S/C15H14INO4S2/c1-4-22-15-17-11(14(19)23-15)6-9-5-10(16)13(21-8(2)18)12(7-9)20-3/h5-7H,4H2,1-3H3. The number of carbonyl (C=O) groups excluding carboxylic acids is 2. The summed E-state index contributed by atoms with van der Waals surface area (Å²) in [5, 5.41) is -0.0704. The van der Waals surface area contributed by atoms with Gasteiger partial charge in [-0.3, -0.25) is 9.59 Å². The summed E-state index contributed by atoms with van der Waals surface area (Å²) >= 11 is 4.75. The van der Waals surface area contributed by atoms with Crippen molar-refractivity contribution in [2.75, 3.05) is 12.9 Å². The number of hydrogen-bond acceptors (Lipinski definition) is 7. The van der Waals surface area contributed by atoms with Crippen LogP contribution in [-0.2, 0) is 9.59 Å². The van der Waals surface area contributed by atoms with Gasteiger partial charge in [0.05, 0.1) is 10.7 Å². The van der Waals surface area contributed by atoms with Crippen molar-refractivity contribution in [2.24, 2.45) is 4.99 Å². The first-order chi connectivity index (χ1) is 10.9. The van der Waals surface area contributed by atoms with Gasteiger partial charge < -0.3 is 9.47 Å². The molecule has 0 atom stereocenters. The van der Waals surface area contributed by atoms with E-state index in [2.05, 4.69) is 27.6 Å². The van der Waals surface area contributed by atoms with Crippen LogP contribution in [0.15, 0.2) is 22.8 Å². The van der Waals surface area contributed by atoms with E-state index in [1.165, 1.54) is 14.0 Å². The summed E-state index contributed by atoms with van der Waals surface area (Å²) in [6.07, 6.45) is 1.71. The van der Waals surface area contributed by atoms with E-state index in [9.17, 15) is 9.59 Å². The number of benzene rings is 1. The van der Waals surface area contributed by atoms with E-state index in [0.29, 0.717) is 20.8 Å². The largest absolute Gasteiger partial charge is 0.493 e. The Bertz CT molecular complexity index is 716. The maximum atomic E-state index is 12.0. The summed E-state index contributed by atoms with van der Waals surface area (Å²) in [5.41, 5.74) is 1.17. The second kappa shape index (κ2) is 8.20. The van der Waals surface area contributed by atoms with E-state index in [1.54, 1.807) is 23.9 Å². The van der Waals surface area contributed by atoms with Gasteiger partial charge in [-0.15, -0.1) is 0 Å². The summed E-state index contributed by atoms with van der Waals surface area (Å²) in [7, 11) is 1.50. The van der Waals surface area contributed by atoms with Crippen molar-refractivity contribution in [3.63, 3.8) is 0 Å². The average Bonchev–Trinajstić information content (AvgIpc) is 2.81. The number of rotatable bonds is 4. The zero-order valence-electron chi connectivity index (χ0n) is 12.7. The molecule has 0 saturated carbocycles. The van der Waals surface area contributed by atoms with Crippen LogP contribution in [-0.4, -0.2) is 28.3 Å². The zero-order chi connectivity index (χ0) is 17.0. The molecule has 0 saturated heterocycles. The maximum Gasteiger partial charge on any atom is 0.308 e. The van der Waals surface area contributed by atoms with Gasteiger partial charge in [-0.25, -0.2) is 4.99 Å². The molecule has 0 radical (unpaired) electrons. The first kappa shape index (κ1) is 18.3. The summed E-state index contributed by atoms with van der Waals surface area (Å²) in [4.78, 5) is 27.5. The summed E-state index contributed by atoms with van der Waals surface area (Å²) in [6, 6.07) is 3.53. The van der Waals surface area contributed by atoms with E-state index in [0.717, 1.165) is 27.5 Å². The highest BCUT2D eigenvalue weighted by molar-refractivity contribution is 14.1. The van der Waals surface area contributed by atoms with E-state index >= 15 is 0 Å². The van der Waals surface area contributed by atoms with Gasteiger partial charge in [0, 0.05) is 6.92 Å². The van der Waals surface area contributed by atoms with Crippen molar-refractivity contribution in [1.29, 1.82) is 0 Å². The summed E-state index contributed by atoms with van der Waals surface area (Å²) in [6.45, 7) is 3.35. The lowest BCUT2D eigenvalue weighted by Gasteiger charge is -2.11. The molecule has 0 fully saturated rings. The molecule has 23 heavy (non-hydrogen) atoms. The molecule has 0 bridgehead atoms. The number of nitrogens with zero attached hydrogens (tertiary/aromatic N) is 1. The number of hydrogen-bond donors (Lipinski definition) is 0. The molecule has 1 aromatic carbocycles. The average molecular weight is 463 g/mol. The molecule has 1 aliphatic heterocycles. The third-order valence-electron chi connectivity index (χ3n) is 2.67. The predicted molar refractivity (Wildman–Crippen MR) is 103 cm³/mol. The van der Waals surface area contributed by atoms with Gasteiger partial charge in [-0.05, 0) is 63.9 Å². The molecule has 1 aromatic rings. The van der Waals surface area contributed by atoms with Crippen LogP contribution in [0.4, 0.5) is 0 Å². The quantitative estimate of drug-likeness (QED) is 0.292. The summed E-state index contributed by atoms with van der Waals surface area (Å²) < 4.78 is 11.9. The third kappa shape index (κ3) is 4.74. The molecule has 0 spiro atoms. The molecule has 0 aliphatic carbocycles. The lowest BCUT2D eigenvalue weighted by atomic mass is 10.1. The van der Waals surface area contributed by atoms with Crippen molar-refractivity contribution >= 4 is 67.7 Å². The van der Waals surface area contributed by atoms with Crippen LogP contribution in [0.1, 0.15) is 19.4 Å². The first-order valence-corrected chi connectivity index (χ1v) is 9.54. The molecule has 5 nitrogen and oxygen atoms in total. The van der Waals surface area contributed by atoms with E-state index in [-0.39, 0.29) is 5.12 Å². The molecular formula is C15H14INO4S2. The first-order valence-electron chi connectivity index (χ1n) is 6.66. The predicted octanol–water partition coefficient (Wildman–Crippen LogP) is 3.95. The van der Waals surface area contributed by atoms with Crippen LogP contribution >= 0.6 is 46.1 Å². The minimum absolute atomic E-state index is 0.0704. The Kier molecular flexibility index (Phi) is 6.54. The Hall–Kier alpha value is -1.000. The van der Waals surface area contributed by atoms with Gasteiger partial charge in [0.2, 0.25) is 5.12 Å². The molecule has 0 N–H and O–H groups in total. The second-order valence-electron chi connectivity index (χ2n) is 4.36. The van der Waals surface area contributed by atoms with Crippen LogP contribution < -0.4 is 9.47 Å². The lowest BCUT2D eigenvalue weighted by molar-refractivity contribution is -0.132. The van der Waals surface area contributed by atoms with E-state index in [4.69, 9.17) is 9.47 Å². The smallest absolute Gasteiger partial charge is 0.308 e. The van der Waals surface area contributed by atoms with Crippen LogP contribution in [0.5, 0.6) is 11.5 Å². The molecule has 1 aliphatic rings. The van der Waals surface area contributed by atoms with E-state index < -0.39 is 5.97 Å². The van der Waals surface area contributed by atoms with Crippen molar-refractivity contribution in [3.8, 4) is 11.5 Å². The highest BCUT2D eigenvalue weighted by atomic mass is 127. The summed E-state index contributed by atoms with van der Waals surface area (Å²) in [5.74, 6) is 1.26. The number of esters is 1. The fourth-order valence-corrected chi connectivity index (χ4v) is 4.27. The van der Waals surface area contributed by atoms with Crippen molar-refractivity contribution in [2.45, 2.75) is 13.8 Å². The molecule has 0 amide bonds. The number of methoxy groups -OCH3 is 1. The zero-order valence-corrected chi connectivity index (χ0v) is 16.5. The number of aliphatic imine (C=N–C) groups is 1. The number of thioether (sulfide) groups is 2. The second-order valence-corrected chi connectivity index (χ2v) is 7.99. The molecule has 0 unspecified atom stereocenters. The van der Waals surface area contributed by atoms with Gasteiger partial charge in [0.15, 0.2) is 11.5 Å². The Morgan fingerprint density at radius 1 is 1.48 bits per heavy atom. The lowest BCUT2D eigenvalue weighted by Crippen LogP contribution is -2.05.